The van der Waals surface area contributed by atoms with Crippen LogP contribution in [0.5, 0.6) is 0 Å². The minimum absolute atomic E-state index is 0.517. The fourth-order valence-electron chi connectivity index (χ4n) is 1.80. The van der Waals surface area contributed by atoms with Crippen LogP contribution in [-0.2, 0) is 13.0 Å². The van der Waals surface area contributed by atoms with Gasteiger partial charge in [0, 0.05) is 6.54 Å². The Kier molecular flexibility index (Phi) is 4.23. The Balaban J connectivity index is 2.44. The van der Waals surface area contributed by atoms with Crippen molar-refractivity contribution >= 4 is 23.8 Å². The molecular weight excluding hydrogens is 266 g/mol. The summed E-state index contributed by atoms with van der Waals surface area (Å²) in [6, 6.07) is 0. The van der Waals surface area contributed by atoms with Gasteiger partial charge in [-0.25, -0.2) is 0 Å². The van der Waals surface area contributed by atoms with Gasteiger partial charge in [0.15, 0.2) is 10.6 Å². The van der Waals surface area contributed by atoms with E-state index in [9.17, 15) is 0 Å². The van der Waals surface area contributed by atoms with Crippen LogP contribution in [-0.4, -0.2) is 24.4 Å². The Morgan fingerprint density at radius 1 is 1.44 bits per heavy atom. The first kappa shape index (κ1) is 13.4. The number of aryl methyl sites for hydroxylation is 1. The van der Waals surface area contributed by atoms with E-state index in [0.717, 1.165) is 35.8 Å². The topological polar surface area (TPSA) is 59.4 Å². The van der Waals surface area contributed by atoms with Crippen LogP contribution < -0.4 is 0 Å². The zero-order chi connectivity index (χ0) is 13.1. The van der Waals surface area contributed by atoms with E-state index in [4.69, 9.17) is 12.2 Å². The molecule has 0 unspecified atom stereocenters. The standard InChI is InChI=1S/C11H17N5S2/c1-4-5-8-9(18-15-12-8)10-13-14-11(17)16(10)6-7(2)3/h7H,4-6H2,1-3H3,(H,14,17). The van der Waals surface area contributed by atoms with Gasteiger partial charge in [-0.2, -0.15) is 5.10 Å². The predicted molar refractivity (Wildman–Crippen MR) is 75.1 cm³/mol. The van der Waals surface area contributed by atoms with Crippen molar-refractivity contribution in [2.24, 2.45) is 5.92 Å². The number of H-pyrrole nitrogens is 1. The lowest BCUT2D eigenvalue weighted by atomic mass is 10.2. The van der Waals surface area contributed by atoms with Crippen molar-refractivity contribution in [3.8, 4) is 10.7 Å². The van der Waals surface area contributed by atoms with E-state index in [-0.39, 0.29) is 0 Å². The van der Waals surface area contributed by atoms with Gasteiger partial charge in [0.2, 0.25) is 0 Å². The summed E-state index contributed by atoms with van der Waals surface area (Å²) in [5, 5.41) is 11.4. The molecule has 0 saturated heterocycles. The van der Waals surface area contributed by atoms with Gasteiger partial charge in [0.05, 0.1) is 5.69 Å². The van der Waals surface area contributed by atoms with E-state index < -0.39 is 0 Å². The minimum atomic E-state index is 0.517. The van der Waals surface area contributed by atoms with Crippen molar-refractivity contribution in [1.82, 2.24) is 24.4 Å². The maximum Gasteiger partial charge on any atom is 0.195 e. The molecule has 5 nitrogen and oxygen atoms in total. The molecular formula is C11H17N5S2. The number of rotatable bonds is 5. The van der Waals surface area contributed by atoms with E-state index in [1.54, 1.807) is 0 Å². The molecule has 0 bridgehead atoms. The lowest BCUT2D eigenvalue weighted by Gasteiger charge is -2.08. The molecule has 0 aliphatic carbocycles. The predicted octanol–water partition coefficient (Wildman–Crippen LogP) is 3.07. The quantitative estimate of drug-likeness (QED) is 0.857. The Hall–Kier alpha value is -1.08. The monoisotopic (exact) mass is 283 g/mol. The van der Waals surface area contributed by atoms with Crippen LogP contribution in [0.25, 0.3) is 10.7 Å². The van der Waals surface area contributed by atoms with Gasteiger partial charge in [0.25, 0.3) is 0 Å². The summed E-state index contributed by atoms with van der Waals surface area (Å²) in [7, 11) is 0. The Labute approximate surface area is 115 Å². The van der Waals surface area contributed by atoms with Gasteiger partial charge in [-0.1, -0.05) is 31.7 Å². The van der Waals surface area contributed by atoms with Crippen LogP contribution in [0.2, 0.25) is 0 Å². The first-order valence-electron chi connectivity index (χ1n) is 6.10. The second-order valence-electron chi connectivity index (χ2n) is 4.66. The van der Waals surface area contributed by atoms with Crippen molar-refractivity contribution in [2.45, 2.75) is 40.2 Å². The maximum atomic E-state index is 5.28. The average Bonchev–Trinajstić information content (AvgIpc) is 2.88. The molecule has 0 aromatic carbocycles. The molecule has 0 atom stereocenters. The zero-order valence-corrected chi connectivity index (χ0v) is 12.4. The molecule has 0 amide bonds. The molecule has 18 heavy (non-hydrogen) atoms. The molecule has 1 N–H and O–H groups in total. The summed E-state index contributed by atoms with van der Waals surface area (Å²) >= 11 is 6.67. The lowest BCUT2D eigenvalue weighted by molar-refractivity contribution is 0.521. The molecule has 0 aliphatic heterocycles. The Morgan fingerprint density at radius 2 is 2.22 bits per heavy atom. The summed E-state index contributed by atoms with van der Waals surface area (Å²) in [6.45, 7) is 7.31. The molecule has 0 radical (unpaired) electrons. The largest absolute Gasteiger partial charge is 0.299 e. The highest BCUT2D eigenvalue weighted by Gasteiger charge is 2.17. The van der Waals surface area contributed by atoms with Gasteiger partial charge in [0.1, 0.15) is 4.88 Å². The van der Waals surface area contributed by atoms with E-state index in [1.807, 2.05) is 4.57 Å². The molecule has 0 saturated carbocycles. The van der Waals surface area contributed by atoms with Crippen LogP contribution in [0.15, 0.2) is 0 Å². The third-order valence-electron chi connectivity index (χ3n) is 2.55. The number of hydrogen-bond acceptors (Lipinski definition) is 5. The minimum Gasteiger partial charge on any atom is -0.299 e. The zero-order valence-electron chi connectivity index (χ0n) is 10.8. The molecule has 7 heteroatoms. The van der Waals surface area contributed by atoms with Crippen molar-refractivity contribution in [1.29, 1.82) is 0 Å². The lowest BCUT2D eigenvalue weighted by Crippen LogP contribution is -2.06. The number of aromatic nitrogens is 5. The van der Waals surface area contributed by atoms with E-state index >= 15 is 0 Å². The smallest absolute Gasteiger partial charge is 0.195 e. The molecule has 2 rings (SSSR count). The Bertz CT molecular complexity index is 566. The van der Waals surface area contributed by atoms with Crippen LogP contribution in [0.4, 0.5) is 0 Å². The van der Waals surface area contributed by atoms with Crippen LogP contribution in [0, 0.1) is 10.7 Å². The van der Waals surface area contributed by atoms with E-state index in [0.29, 0.717) is 10.7 Å². The summed E-state index contributed by atoms with van der Waals surface area (Å²) in [5.74, 6) is 1.38. The van der Waals surface area contributed by atoms with Crippen LogP contribution in [0.1, 0.15) is 32.9 Å². The summed E-state index contributed by atoms with van der Waals surface area (Å²) in [4.78, 5) is 1.03. The number of nitrogens with zero attached hydrogens (tertiary/aromatic N) is 4. The highest BCUT2D eigenvalue weighted by atomic mass is 32.1. The molecule has 2 heterocycles. The first-order valence-corrected chi connectivity index (χ1v) is 7.28. The normalized spacial score (nSPS) is 11.3. The fraction of sp³-hybridized carbons (Fsp3) is 0.636. The molecule has 0 aliphatic rings. The van der Waals surface area contributed by atoms with Gasteiger partial charge >= 0.3 is 0 Å². The summed E-state index contributed by atoms with van der Waals surface area (Å²) in [5.41, 5.74) is 1.02. The first-order chi connectivity index (χ1) is 8.63. The van der Waals surface area contributed by atoms with Gasteiger partial charge in [-0.05, 0) is 36.1 Å². The third-order valence-corrected chi connectivity index (χ3v) is 3.63. The molecule has 2 aromatic rings. The number of nitrogens with one attached hydrogen (secondary N) is 1. The summed E-state index contributed by atoms with van der Waals surface area (Å²) in [6.07, 6.45) is 1.97. The summed E-state index contributed by atoms with van der Waals surface area (Å²) < 4.78 is 6.73. The van der Waals surface area contributed by atoms with E-state index in [2.05, 4.69) is 40.6 Å². The second-order valence-corrected chi connectivity index (χ2v) is 5.80. The molecule has 2 aromatic heterocycles. The second kappa shape index (κ2) is 5.71. The highest BCUT2D eigenvalue weighted by molar-refractivity contribution is 7.71. The maximum absolute atomic E-state index is 5.28. The van der Waals surface area contributed by atoms with Crippen molar-refractivity contribution < 1.29 is 0 Å². The van der Waals surface area contributed by atoms with Crippen LogP contribution >= 0.6 is 23.8 Å². The van der Waals surface area contributed by atoms with Gasteiger partial charge in [-0.3, -0.25) is 9.67 Å². The number of aromatic amines is 1. The number of hydrogen-bond donors (Lipinski definition) is 1. The van der Waals surface area contributed by atoms with Crippen LogP contribution in [0.3, 0.4) is 0 Å². The Morgan fingerprint density at radius 3 is 2.89 bits per heavy atom. The average molecular weight is 283 g/mol. The van der Waals surface area contributed by atoms with E-state index in [1.165, 1.54) is 11.5 Å². The van der Waals surface area contributed by atoms with Crippen molar-refractivity contribution in [2.75, 3.05) is 0 Å². The van der Waals surface area contributed by atoms with Crippen molar-refractivity contribution in [3.05, 3.63) is 10.5 Å². The SMILES string of the molecule is CCCc1nnsc1-c1n[nH]c(=S)n1CC(C)C. The van der Waals surface area contributed by atoms with Gasteiger partial charge < -0.3 is 0 Å². The molecule has 98 valence electrons. The highest BCUT2D eigenvalue weighted by Crippen LogP contribution is 2.25. The fourth-order valence-corrected chi connectivity index (χ4v) is 2.72. The molecule has 0 fully saturated rings. The van der Waals surface area contributed by atoms with Crippen molar-refractivity contribution in [3.63, 3.8) is 0 Å². The third kappa shape index (κ3) is 2.67. The van der Waals surface area contributed by atoms with Gasteiger partial charge in [-0.15, -0.1) is 5.10 Å². The molecule has 0 spiro atoms.